The third-order valence-electron chi connectivity index (χ3n) is 4.08. The smallest absolute Gasteiger partial charge is 0.418 e. The van der Waals surface area contributed by atoms with Gasteiger partial charge in [0.25, 0.3) is 0 Å². The van der Waals surface area contributed by atoms with Crippen molar-refractivity contribution in [2.75, 3.05) is 25.7 Å². The molecule has 0 atom stereocenters. The van der Waals surface area contributed by atoms with Crippen molar-refractivity contribution in [3.05, 3.63) is 59.7 Å². The SMILES string of the molecule is CN(CC(=O)Nc1ccccc1C(F)(F)F)C(=O)/C=C/c1ccc2c(c1)OCO2. The van der Waals surface area contributed by atoms with Crippen LogP contribution in [0.3, 0.4) is 0 Å². The highest BCUT2D eigenvalue weighted by molar-refractivity contribution is 5.98. The number of nitrogens with zero attached hydrogens (tertiary/aromatic N) is 1. The molecular weight excluding hydrogens is 389 g/mol. The van der Waals surface area contributed by atoms with E-state index in [2.05, 4.69) is 5.32 Å². The Bertz CT molecular complexity index is 957. The molecule has 152 valence electrons. The van der Waals surface area contributed by atoms with Crippen LogP contribution in [0.2, 0.25) is 0 Å². The quantitative estimate of drug-likeness (QED) is 0.772. The lowest BCUT2D eigenvalue weighted by atomic mass is 10.1. The summed E-state index contributed by atoms with van der Waals surface area (Å²) in [5, 5.41) is 2.20. The summed E-state index contributed by atoms with van der Waals surface area (Å²) < 4.78 is 49.4. The van der Waals surface area contributed by atoms with E-state index in [-0.39, 0.29) is 12.5 Å². The molecule has 1 aliphatic rings. The summed E-state index contributed by atoms with van der Waals surface area (Å²) in [7, 11) is 1.38. The minimum atomic E-state index is -4.60. The summed E-state index contributed by atoms with van der Waals surface area (Å²) in [5.41, 5.74) is -0.619. The third-order valence-corrected chi connectivity index (χ3v) is 4.08. The first-order chi connectivity index (χ1) is 13.7. The largest absolute Gasteiger partial charge is 0.454 e. The van der Waals surface area contributed by atoms with Gasteiger partial charge in [-0.3, -0.25) is 9.59 Å². The zero-order valence-corrected chi connectivity index (χ0v) is 15.3. The fourth-order valence-electron chi connectivity index (χ4n) is 2.63. The van der Waals surface area contributed by atoms with E-state index in [9.17, 15) is 22.8 Å². The summed E-state index contributed by atoms with van der Waals surface area (Å²) in [5.74, 6) is -0.0481. The molecule has 1 heterocycles. The van der Waals surface area contributed by atoms with Crippen molar-refractivity contribution in [1.82, 2.24) is 4.90 Å². The molecule has 0 bridgehead atoms. The van der Waals surface area contributed by atoms with E-state index in [1.54, 1.807) is 18.2 Å². The highest BCUT2D eigenvalue weighted by Crippen LogP contribution is 2.34. The van der Waals surface area contributed by atoms with Gasteiger partial charge in [0.15, 0.2) is 11.5 Å². The van der Waals surface area contributed by atoms with Crippen LogP contribution < -0.4 is 14.8 Å². The Hall–Kier alpha value is -3.49. The zero-order chi connectivity index (χ0) is 21.0. The van der Waals surface area contributed by atoms with E-state index in [1.165, 1.54) is 31.3 Å². The Kier molecular flexibility index (Phi) is 5.76. The highest BCUT2D eigenvalue weighted by Gasteiger charge is 2.33. The average Bonchev–Trinajstić information content (AvgIpc) is 3.13. The summed E-state index contributed by atoms with van der Waals surface area (Å²) in [6.07, 6.45) is -1.80. The van der Waals surface area contributed by atoms with Crippen molar-refractivity contribution in [3.8, 4) is 11.5 Å². The lowest BCUT2D eigenvalue weighted by molar-refractivity contribution is -0.137. The number of rotatable bonds is 5. The molecule has 1 N–H and O–H groups in total. The summed E-state index contributed by atoms with van der Waals surface area (Å²) in [6.45, 7) is -0.271. The van der Waals surface area contributed by atoms with Gasteiger partial charge < -0.3 is 19.7 Å². The first kappa shape index (κ1) is 20.2. The molecule has 2 aromatic carbocycles. The van der Waals surface area contributed by atoms with Gasteiger partial charge in [0.2, 0.25) is 18.6 Å². The first-order valence-corrected chi connectivity index (χ1v) is 8.53. The van der Waals surface area contributed by atoms with Gasteiger partial charge in [-0.1, -0.05) is 18.2 Å². The van der Waals surface area contributed by atoms with Crippen molar-refractivity contribution >= 4 is 23.6 Å². The van der Waals surface area contributed by atoms with Crippen molar-refractivity contribution in [2.45, 2.75) is 6.18 Å². The van der Waals surface area contributed by atoms with Gasteiger partial charge in [-0.05, 0) is 35.9 Å². The zero-order valence-electron chi connectivity index (χ0n) is 15.3. The standard InChI is InChI=1S/C20H17F3N2O4/c1-25(11-18(26)24-15-5-3-2-4-14(15)20(21,22)23)19(27)9-7-13-6-8-16-17(10-13)29-12-28-16/h2-10H,11-12H2,1H3,(H,24,26)/b9-7+. The van der Waals surface area contributed by atoms with E-state index in [0.29, 0.717) is 17.1 Å². The monoisotopic (exact) mass is 406 g/mol. The topological polar surface area (TPSA) is 67.9 Å². The molecule has 0 aliphatic carbocycles. The number of hydrogen-bond acceptors (Lipinski definition) is 4. The van der Waals surface area contributed by atoms with Crippen LogP contribution in [0.1, 0.15) is 11.1 Å². The summed E-state index contributed by atoms with van der Waals surface area (Å²) in [6, 6.07) is 9.79. The van der Waals surface area contributed by atoms with Crippen molar-refractivity contribution < 1.29 is 32.2 Å². The molecule has 6 nitrogen and oxygen atoms in total. The number of amides is 2. The van der Waals surface area contributed by atoms with Crippen LogP contribution in [0.4, 0.5) is 18.9 Å². The normalized spacial score (nSPS) is 12.8. The van der Waals surface area contributed by atoms with Crippen LogP contribution in [0.5, 0.6) is 11.5 Å². The lowest BCUT2D eigenvalue weighted by Gasteiger charge is -2.17. The van der Waals surface area contributed by atoms with Crippen LogP contribution >= 0.6 is 0 Å². The molecule has 0 radical (unpaired) electrons. The number of carbonyl (C=O) groups is 2. The van der Waals surface area contributed by atoms with Gasteiger partial charge in [-0.25, -0.2) is 0 Å². The van der Waals surface area contributed by atoms with Gasteiger partial charge in [0.1, 0.15) is 0 Å². The van der Waals surface area contributed by atoms with E-state index in [1.807, 2.05) is 0 Å². The number of para-hydroxylation sites is 1. The molecule has 1 aliphatic heterocycles. The van der Waals surface area contributed by atoms with E-state index in [0.717, 1.165) is 17.0 Å². The Morgan fingerprint density at radius 1 is 1.14 bits per heavy atom. The van der Waals surface area contributed by atoms with Gasteiger partial charge in [0, 0.05) is 13.1 Å². The molecule has 2 aromatic rings. The lowest BCUT2D eigenvalue weighted by Crippen LogP contribution is -2.34. The molecule has 9 heteroatoms. The Balaban J connectivity index is 1.59. The predicted molar refractivity (Wildman–Crippen MR) is 99.3 cm³/mol. The number of alkyl halides is 3. The maximum atomic E-state index is 13.0. The fraction of sp³-hybridized carbons (Fsp3) is 0.200. The molecule has 0 saturated heterocycles. The van der Waals surface area contributed by atoms with Crippen molar-refractivity contribution in [2.24, 2.45) is 0 Å². The van der Waals surface area contributed by atoms with Gasteiger partial charge >= 0.3 is 6.18 Å². The van der Waals surface area contributed by atoms with E-state index < -0.39 is 30.1 Å². The minimum Gasteiger partial charge on any atom is -0.454 e. The number of halogens is 3. The molecule has 2 amide bonds. The van der Waals surface area contributed by atoms with Crippen LogP contribution in [0.25, 0.3) is 6.08 Å². The van der Waals surface area contributed by atoms with Crippen molar-refractivity contribution in [1.29, 1.82) is 0 Å². The Morgan fingerprint density at radius 3 is 2.62 bits per heavy atom. The van der Waals surface area contributed by atoms with Gasteiger partial charge in [-0.15, -0.1) is 0 Å². The Labute approximate surface area is 164 Å². The van der Waals surface area contributed by atoms with Crippen molar-refractivity contribution in [3.63, 3.8) is 0 Å². The average molecular weight is 406 g/mol. The number of fused-ring (bicyclic) bond motifs is 1. The van der Waals surface area contributed by atoms with E-state index >= 15 is 0 Å². The van der Waals surface area contributed by atoms with Crippen LogP contribution in [0, 0.1) is 0 Å². The van der Waals surface area contributed by atoms with Crippen LogP contribution in [-0.2, 0) is 15.8 Å². The highest BCUT2D eigenvalue weighted by atomic mass is 19.4. The number of ether oxygens (including phenoxy) is 2. The molecule has 0 unspecified atom stereocenters. The molecule has 3 rings (SSSR count). The number of likely N-dealkylation sites (N-methyl/N-ethyl adjacent to an activating group) is 1. The van der Waals surface area contributed by atoms with E-state index in [4.69, 9.17) is 9.47 Å². The number of benzene rings is 2. The second kappa shape index (κ2) is 8.26. The maximum Gasteiger partial charge on any atom is 0.418 e. The molecular formula is C20H17F3N2O4. The fourth-order valence-corrected chi connectivity index (χ4v) is 2.63. The second-order valence-electron chi connectivity index (χ2n) is 6.23. The molecule has 0 fully saturated rings. The maximum absolute atomic E-state index is 13.0. The van der Waals surface area contributed by atoms with Crippen LogP contribution in [-0.4, -0.2) is 37.1 Å². The molecule has 0 aromatic heterocycles. The first-order valence-electron chi connectivity index (χ1n) is 8.53. The number of anilines is 1. The number of nitrogens with one attached hydrogen (secondary N) is 1. The number of carbonyl (C=O) groups excluding carboxylic acids is 2. The molecule has 29 heavy (non-hydrogen) atoms. The summed E-state index contributed by atoms with van der Waals surface area (Å²) >= 11 is 0. The Morgan fingerprint density at radius 2 is 1.86 bits per heavy atom. The predicted octanol–water partition coefficient (Wildman–Crippen LogP) is 3.54. The van der Waals surface area contributed by atoms with Crippen LogP contribution in [0.15, 0.2) is 48.5 Å². The number of hydrogen-bond donors (Lipinski definition) is 1. The van der Waals surface area contributed by atoms with Gasteiger partial charge in [0.05, 0.1) is 17.8 Å². The summed E-state index contributed by atoms with van der Waals surface area (Å²) in [4.78, 5) is 25.4. The molecule has 0 saturated carbocycles. The third kappa shape index (κ3) is 5.07. The minimum absolute atomic E-state index is 0.136. The second-order valence-corrected chi connectivity index (χ2v) is 6.23. The molecule has 0 spiro atoms. The van der Waals surface area contributed by atoms with Gasteiger partial charge in [-0.2, -0.15) is 13.2 Å².